The Labute approximate surface area is 137 Å². The lowest BCUT2D eigenvalue weighted by atomic mass is 9.99. The topological polar surface area (TPSA) is 45.2 Å². The van der Waals surface area contributed by atoms with Crippen LogP contribution in [0, 0.1) is 12.8 Å². The molecule has 1 aliphatic heterocycles. The van der Waals surface area contributed by atoms with Crippen molar-refractivity contribution in [3.63, 3.8) is 0 Å². The van der Waals surface area contributed by atoms with E-state index in [4.69, 9.17) is 0 Å². The Morgan fingerprint density at radius 2 is 1.83 bits per heavy atom. The SMILES string of the molecule is Cc1ccc(NC(=O)c2ccc(N3CCC(C)CC3)cn2)cc1. The average Bonchev–Trinajstić information content (AvgIpc) is 2.58. The number of amides is 1. The van der Waals surface area contributed by atoms with Crippen molar-refractivity contribution in [2.45, 2.75) is 26.7 Å². The van der Waals surface area contributed by atoms with Crippen LogP contribution in [0.15, 0.2) is 42.6 Å². The van der Waals surface area contributed by atoms with Crippen molar-refractivity contribution >= 4 is 17.3 Å². The van der Waals surface area contributed by atoms with E-state index in [1.807, 2.05) is 37.3 Å². The smallest absolute Gasteiger partial charge is 0.274 e. The van der Waals surface area contributed by atoms with Gasteiger partial charge in [0.2, 0.25) is 0 Å². The Balaban J connectivity index is 1.64. The number of anilines is 2. The Hall–Kier alpha value is -2.36. The third kappa shape index (κ3) is 3.89. The van der Waals surface area contributed by atoms with Crippen molar-refractivity contribution in [3.8, 4) is 0 Å². The molecule has 0 unspecified atom stereocenters. The summed E-state index contributed by atoms with van der Waals surface area (Å²) in [5, 5.41) is 2.88. The minimum absolute atomic E-state index is 0.173. The molecule has 0 saturated carbocycles. The standard InChI is InChI=1S/C19H23N3O/c1-14-3-5-16(6-4-14)21-19(23)18-8-7-17(13-20-18)22-11-9-15(2)10-12-22/h3-8,13,15H,9-12H2,1-2H3,(H,21,23). The van der Waals surface area contributed by atoms with E-state index in [2.05, 4.69) is 22.1 Å². The van der Waals surface area contributed by atoms with E-state index < -0.39 is 0 Å². The van der Waals surface area contributed by atoms with E-state index in [9.17, 15) is 4.79 Å². The molecule has 0 aliphatic carbocycles. The first kappa shape index (κ1) is 15.5. The van der Waals surface area contributed by atoms with Crippen LogP contribution in [0.2, 0.25) is 0 Å². The molecule has 1 aromatic heterocycles. The summed E-state index contributed by atoms with van der Waals surface area (Å²) < 4.78 is 0. The fourth-order valence-corrected chi connectivity index (χ4v) is 2.81. The molecule has 1 N–H and O–H groups in total. The lowest BCUT2D eigenvalue weighted by Gasteiger charge is -2.31. The van der Waals surface area contributed by atoms with Crippen molar-refractivity contribution in [1.29, 1.82) is 0 Å². The van der Waals surface area contributed by atoms with Crippen LogP contribution in [0.1, 0.15) is 35.8 Å². The summed E-state index contributed by atoms with van der Waals surface area (Å²) in [6.45, 7) is 6.46. The van der Waals surface area contributed by atoms with Crippen molar-refractivity contribution in [1.82, 2.24) is 4.98 Å². The molecule has 0 radical (unpaired) electrons. The highest BCUT2D eigenvalue weighted by atomic mass is 16.1. The number of rotatable bonds is 3. The maximum absolute atomic E-state index is 12.2. The Morgan fingerprint density at radius 3 is 2.43 bits per heavy atom. The number of nitrogens with zero attached hydrogens (tertiary/aromatic N) is 2. The Kier molecular flexibility index (Phi) is 4.60. The normalized spacial score (nSPS) is 15.5. The predicted molar refractivity (Wildman–Crippen MR) is 94.0 cm³/mol. The first-order valence-electron chi connectivity index (χ1n) is 8.21. The summed E-state index contributed by atoms with van der Waals surface area (Å²) in [6, 6.07) is 11.5. The van der Waals surface area contributed by atoms with Gasteiger partial charge in [0, 0.05) is 18.8 Å². The van der Waals surface area contributed by atoms with Gasteiger partial charge in [-0.25, -0.2) is 4.98 Å². The average molecular weight is 309 g/mol. The summed E-state index contributed by atoms with van der Waals surface area (Å²) in [7, 11) is 0. The van der Waals surface area contributed by atoms with Gasteiger partial charge in [0.05, 0.1) is 11.9 Å². The molecule has 0 bridgehead atoms. The first-order chi connectivity index (χ1) is 11.1. The van der Waals surface area contributed by atoms with Gasteiger partial charge in [-0.1, -0.05) is 24.6 Å². The summed E-state index contributed by atoms with van der Waals surface area (Å²) in [4.78, 5) is 18.9. The number of carbonyl (C=O) groups excluding carboxylic acids is 1. The number of pyridine rings is 1. The zero-order valence-corrected chi connectivity index (χ0v) is 13.7. The van der Waals surface area contributed by atoms with E-state index in [1.165, 1.54) is 18.4 Å². The van der Waals surface area contributed by atoms with Gasteiger partial charge in [0.25, 0.3) is 5.91 Å². The minimum Gasteiger partial charge on any atom is -0.370 e. The number of aryl methyl sites for hydroxylation is 1. The second kappa shape index (κ2) is 6.82. The van der Waals surface area contributed by atoms with Crippen LogP contribution in [0.4, 0.5) is 11.4 Å². The molecule has 23 heavy (non-hydrogen) atoms. The highest BCUT2D eigenvalue weighted by Gasteiger charge is 2.16. The van der Waals surface area contributed by atoms with Crippen molar-refractivity contribution in [2.24, 2.45) is 5.92 Å². The quantitative estimate of drug-likeness (QED) is 0.936. The number of benzene rings is 1. The van der Waals surface area contributed by atoms with E-state index in [-0.39, 0.29) is 5.91 Å². The molecule has 3 rings (SSSR count). The highest BCUT2D eigenvalue weighted by molar-refractivity contribution is 6.02. The van der Waals surface area contributed by atoms with Crippen molar-refractivity contribution in [2.75, 3.05) is 23.3 Å². The van der Waals surface area contributed by atoms with E-state index in [0.717, 1.165) is 30.4 Å². The lowest BCUT2D eigenvalue weighted by molar-refractivity contribution is 0.102. The molecule has 1 aliphatic rings. The molecule has 0 spiro atoms. The van der Waals surface area contributed by atoms with Crippen LogP contribution in [0.3, 0.4) is 0 Å². The second-order valence-corrected chi connectivity index (χ2v) is 6.39. The van der Waals surface area contributed by atoms with Crippen molar-refractivity contribution in [3.05, 3.63) is 53.9 Å². The van der Waals surface area contributed by atoms with Gasteiger partial charge in [-0.15, -0.1) is 0 Å². The van der Waals surface area contributed by atoms with E-state index in [1.54, 1.807) is 12.3 Å². The maximum atomic E-state index is 12.2. The van der Waals surface area contributed by atoms with Gasteiger partial charge in [-0.2, -0.15) is 0 Å². The number of hydrogen-bond acceptors (Lipinski definition) is 3. The third-order valence-corrected chi connectivity index (χ3v) is 4.44. The molecule has 1 amide bonds. The Morgan fingerprint density at radius 1 is 1.13 bits per heavy atom. The predicted octanol–water partition coefficient (Wildman–Crippen LogP) is 3.88. The fourth-order valence-electron chi connectivity index (χ4n) is 2.81. The van der Waals surface area contributed by atoms with Crippen LogP contribution in [-0.2, 0) is 0 Å². The van der Waals surface area contributed by atoms with Gasteiger partial charge >= 0.3 is 0 Å². The summed E-state index contributed by atoms with van der Waals surface area (Å²) in [6.07, 6.45) is 4.24. The zero-order valence-electron chi connectivity index (χ0n) is 13.7. The van der Waals surface area contributed by atoms with Crippen molar-refractivity contribution < 1.29 is 4.79 Å². The Bertz CT molecular complexity index is 656. The molecule has 1 saturated heterocycles. The molecule has 120 valence electrons. The molecule has 2 heterocycles. The number of aromatic nitrogens is 1. The van der Waals surface area contributed by atoms with Gasteiger partial charge in [0.15, 0.2) is 0 Å². The molecule has 1 fully saturated rings. The van der Waals surface area contributed by atoms with Gasteiger partial charge in [-0.3, -0.25) is 4.79 Å². The van der Waals surface area contributed by atoms with Crippen LogP contribution >= 0.6 is 0 Å². The minimum atomic E-state index is -0.173. The summed E-state index contributed by atoms with van der Waals surface area (Å²) in [5.74, 6) is 0.631. The lowest BCUT2D eigenvalue weighted by Crippen LogP contribution is -2.32. The largest absolute Gasteiger partial charge is 0.370 e. The first-order valence-corrected chi connectivity index (χ1v) is 8.21. The van der Waals surface area contributed by atoms with Crippen LogP contribution in [0.25, 0.3) is 0 Å². The second-order valence-electron chi connectivity index (χ2n) is 6.39. The molecule has 4 nitrogen and oxygen atoms in total. The van der Waals surface area contributed by atoms with Crippen LogP contribution < -0.4 is 10.2 Å². The molecule has 4 heteroatoms. The van der Waals surface area contributed by atoms with E-state index >= 15 is 0 Å². The third-order valence-electron chi connectivity index (χ3n) is 4.44. The number of carbonyl (C=O) groups is 1. The zero-order chi connectivity index (χ0) is 16.2. The molecular formula is C19H23N3O. The number of nitrogens with one attached hydrogen (secondary N) is 1. The summed E-state index contributed by atoms with van der Waals surface area (Å²) in [5.41, 5.74) is 3.50. The fraction of sp³-hybridized carbons (Fsp3) is 0.368. The highest BCUT2D eigenvalue weighted by Crippen LogP contribution is 2.22. The number of hydrogen-bond donors (Lipinski definition) is 1. The monoisotopic (exact) mass is 309 g/mol. The molecule has 2 aromatic rings. The van der Waals surface area contributed by atoms with Gasteiger partial charge < -0.3 is 10.2 Å². The molecular weight excluding hydrogens is 286 g/mol. The van der Waals surface area contributed by atoms with E-state index in [0.29, 0.717) is 5.69 Å². The van der Waals surface area contributed by atoms with Crippen LogP contribution in [-0.4, -0.2) is 24.0 Å². The molecule has 0 atom stereocenters. The summed E-state index contributed by atoms with van der Waals surface area (Å²) >= 11 is 0. The molecule has 1 aromatic carbocycles. The van der Waals surface area contributed by atoms with Crippen LogP contribution in [0.5, 0.6) is 0 Å². The van der Waals surface area contributed by atoms with Gasteiger partial charge in [-0.05, 0) is 49.9 Å². The maximum Gasteiger partial charge on any atom is 0.274 e. The number of piperidine rings is 1. The van der Waals surface area contributed by atoms with Gasteiger partial charge in [0.1, 0.15) is 5.69 Å².